The number of amides is 1. The number of benzene rings is 3. The van der Waals surface area contributed by atoms with Gasteiger partial charge in [0.15, 0.2) is 0 Å². The summed E-state index contributed by atoms with van der Waals surface area (Å²) in [6, 6.07) is 19.6. The van der Waals surface area contributed by atoms with Crippen LogP contribution >= 0.6 is 0 Å². The molecule has 0 aliphatic carbocycles. The van der Waals surface area contributed by atoms with Crippen molar-refractivity contribution in [1.29, 1.82) is 0 Å². The molecule has 2 heterocycles. The van der Waals surface area contributed by atoms with Crippen LogP contribution in [0, 0.1) is 12.7 Å². The van der Waals surface area contributed by atoms with Gasteiger partial charge in [-0.3, -0.25) is 4.79 Å². The first kappa shape index (κ1) is 24.6. The SMILES string of the molecule is COC[C@@H]1CCCN1c1nc(NCc2ccc(NC(=O)c3ccc(F)cc3)cc2)c2ccc(C)cc2n1. The molecule has 1 atom stereocenters. The number of halogens is 1. The summed E-state index contributed by atoms with van der Waals surface area (Å²) in [7, 11) is 1.73. The molecule has 3 aromatic carbocycles. The van der Waals surface area contributed by atoms with E-state index < -0.39 is 0 Å². The Balaban J connectivity index is 1.32. The molecule has 0 unspecified atom stereocenters. The normalized spacial score (nSPS) is 15.2. The summed E-state index contributed by atoms with van der Waals surface area (Å²) in [6.45, 7) is 4.19. The van der Waals surface area contributed by atoms with Crippen molar-refractivity contribution in [2.75, 3.05) is 35.8 Å². The number of hydrogen-bond acceptors (Lipinski definition) is 6. The fourth-order valence-electron chi connectivity index (χ4n) is 4.65. The second kappa shape index (κ2) is 10.9. The van der Waals surface area contributed by atoms with Crippen molar-refractivity contribution in [2.24, 2.45) is 0 Å². The van der Waals surface area contributed by atoms with E-state index in [4.69, 9.17) is 14.7 Å². The fourth-order valence-corrected chi connectivity index (χ4v) is 4.65. The zero-order valence-electron chi connectivity index (χ0n) is 21.0. The van der Waals surface area contributed by atoms with E-state index in [1.54, 1.807) is 7.11 Å². The van der Waals surface area contributed by atoms with Crippen LogP contribution < -0.4 is 15.5 Å². The predicted octanol–water partition coefficient (Wildman–Crippen LogP) is 5.56. The lowest BCUT2D eigenvalue weighted by Gasteiger charge is -2.25. The number of anilines is 3. The van der Waals surface area contributed by atoms with Crippen LogP contribution in [0.15, 0.2) is 66.7 Å². The molecule has 1 fully saturated rings. The van der Waals surface area contributed by atoms with E-state index in [-0.39, 0.29) is 17.8 Å². The van der Waals surface area contributed by atoms with Crippen molar-refractivity contribution < 1.29 is 13.9 Å². The minimum absolute atomic E-state index is 0.276. The third-order valence-electron chi connectivity index (χ3n) is 6.61. The van der Waals surface area contributed by atoms with Gasteiger partial charge in [-0.25, -0.2) is 9.37 Å². The molecular weight excluding hydrogens is 469 g/mol. The standard InChI is InChI=1S/C29H30FN5O2/c1-19-5-14-25-26(16-19)33-29(35-15-3-4-24(35)18-37-2)34-27(25)31-17-20-6-12-23(13-7-20)32-28(36)21-8-10-22(30)11-9-21/h5-14,16,24H,3-4,15,17-18H2,1-2H3,(H,32,36)(H,31,33,34)/t24-/m0/s1. The molecule has 2 N–H and O–H groups in total. The highest BCUT2D eigenvalue weighted by atomic mass is 19.1. The molecule has 7 nitrogen and oxygen atoms in total. The van der Waals surface area contributed by atoms with Gasteiger partial charge in [0.25, 0.3) is 5.91 Å². The molecule has 190 valence electrons. The molecule has 0 spiro atoms. The lowest BCUT2D eigenvalue weighted by atomic mass is 10.1. The van der Waals surface area contributed by atoms with Crippen molar-refractivity contribution in [3.8, 4) is 0 Å². The van der Waals surface area contributed by atoms with Crippen LogP contribution in [-0.2, 0) is 11.3 Å². The summed E-state index contributed by atoms with van der Waals surface area (Å²) >= 11 is 0. The van der Waals surface area contributed by atoms with Gasteiger partial charge in [0.1, 0.15) is 11.6 Å². The van der Waals surface area contributed by atoms with E-state index >= 15 is 0 Å². The molecule has 1 aliphatic heterocycles. The Bertz CT molecular complexity index is 1390. The summed E-state index contributed by atoms with van der Waals surface area (Å²) in [5.74, 6) is 0.855. The topological polar surface area (TPSA) is 79.4 Å². The minimum Gasteiger partial charge on any atom is -0.383 e. The van der Waals surface area contributed by atoms with E-state index in [1.165, 1.54) is 24.3 Å². The molecule has 1 amide bonds. The van der Waals surface area contributed by atoms with Gasteiger partial charge in [-0.15, -0.1) is 0 Å². The molecule has 0 saturated carbocycles. The maximum atomic E-state index is 13.1. The molecule has 0 radical (unpaired) electrons. The first-order valence-corrected chi connectivity index (χ1v) is 12.4. The average molecular weight is 500 g/mol. The van der Waals surface area contributed by atoms with Crippen LogP contribution in [0.1, 0.15) is 34.3 Å². The smallest absolute Gasteiger partial charge is 0.255 e. The summed E-state index contributed by atoms with van der Waals surface area (Å²) in [5, 5.41) is 7.31. The maximum Gasteiger partial charge on any atom is 0.255 e. The number of methoxy groups -OCH3 is 1. The van der Waals surface area contributed by atoms with Crippen molar-refractivity contribution in [2.45, 2.75) is 32.4 Å². The summed E-state index contributed by atoms with van der Waals surface area (Å²) in [6.07, 6.45) is 2.16. The molecule has 4 aromatic rings. The van der Waals surface area contributed by atoms with Gasteiger partial charge in [-0.2, -0.15) is 4.98 Å². The van der Waals surface area contributed by atoms with E-state index in [0.717, 1.165) is 53.2 Å². The Morgan fingerprint density at radius 3 is 2.62 bits per heavy atom. The third-order valence-corrected chi connectivity index (χ3v) is 6.61. The van der Waals surface area contributed by atoms with Gasteiger partial charge < -0.3 is 20.3 Å². The van der Waals surface area contributed by atoms with Crippen LogP contribution in [0.5, 0.6) is 0 Å². The molecule has 8 heteroatoms. The number of rotatable bonds is 8. The van der Waals surface area contributed by atoms with Gasteiger partial charge in [-0.1, -0.05) is 18.2 Å². The number of aryl methyl sites for hydroxylation is 1. The van der Waals surface area contributed by atoms with Gasteiger partial charge in [0.05, 0.1) is 18.2 Å². The summed E-state index contributed by atoms with van der Waals surface area (Å²) in [5.41, 5.74) is 4.17. The van der Waals surface area contributed by atoms with E-state index in [9.17, 15) is 9.18 Å². The number of aromatic nitrogens is 2. The Labute approximate surface area is 215 Å². The second-order valence-electron chi connectivity index (χ2n) is 9.35. The van der Waals surface area contributed by atoms with Gasteiger partial charge in [-0.05, 0) is 79.4 Å². The number of ether oxygens (including phenoxy) is 1. The van der Waals surface area contributed by atoms with Crippen LogP contribution in [0.3, 0.4) is 0 Å². The second-order valence-corrected chi connectivity index (χ2v) is 9.35. The van der Waals surface area contributed by atoms with Crippen molar-refractivity contribution in [3.05, 3.63) is 89.2 Å². The Kier molecular flexibility index (Phi) is 7.28. The number of hydrogen-bond donors (Lipinski definition) is 2. The predicted molar refractivity (Wildman–Crippen MR) is 145 cm³/mol. The average Bonchev–Trinajstić information content (AvgIpc) is 3.36. The largest absolute Gasteiger partial charge is 0.383 e. The van der Waals surface area contributed by atoms with Gasteiger partial charge in [0, 0.05) is 36.8 Å². The van der Waals surface area contributed by atoms with Crippen LogP contribution in [0.25, 0.3) is 10.9 Å². The van der Waals surface area contributed by atoms with Crippen LogP contribution in [0.2, 0.25) is 0 Å². The number of fused-ring (bicyclic) bond motifs is 1. The number of nitrogens with one attached hydrogen (secondary N) is 2. The first-order chi connectivity index (χ1) is 18.0. The minimum atomic E-state index is -0.373. The Morgan fingerprint density at radius 2 is 1.86 bits per heavy atom. The van der Waals surface area contributed by atoms with E-state index in [1.807, 2.05) is 24.3 Å². The first-order valence-electron chi connectivity index (χ1n) is 12.4. The monoisotopic (exact) mass is 499 g/mol. The Morgan fingerprint density at radius 1 is 1.08 bits per heavy atom. The maximum absolute atomic E-state index is 13.1. The van der Waals surface area contributed by atoms with Gasteiger partial charge >= 0.3 is 0 Å². The molecule has 1 saturated heterocycles. The highest BCUT2D eigenvalue weighted by Gasteiger charge is 2.27. The number of carbonyl (C=O) groups is 1. The van der Waals surface area contributed by atoms with Crippen molar-refractivity contribution in [1.82, 2.24) is 9.97 Å². The molecular formula is C29H30FN5O2. The summed E-state index contributed by atoms with van der Waals surface area (Å²) in [4.78, 5) is 24.5. The number of nitrogens with zero attached hydrogens (tertiary/aromatic N) is 3. The van der Waals surface area contributed by atoms with E-state index in [0.29, 0.717) is 24.4 Å². The molecule has 1 aromatic heterocycles. The van der Waals surface area contributed by atoms with Crippen molar-refractivity contribution in [3.63, 3.8) is 0 Å². The van der Waals surface area contributed by atoms with Crippen molar-refractivity contribution >= 4 is 34.3 Å². The van der Waals surface area contributed by atoms with Crippen LogP contribution in [-0.4, -0.2) is 42.2 Å². The van der Waals surface area contributed by atoms with E-state index in [2.05, 4.69) is 40.7 Å². The fraction of sp³-hybridized carbons (Fsp3) is 0.276. The molecule has 1 aliphatic rings. The number of carbonyl (C=O) groups excluding carboxylic acids is 1. The highest BCUT2D eigenvalue weighted by Crippen LogP contribution is 2.29. The lowest BCUT2D eigenvalue weighted by Crippen LogP contribution is -2.34. The quantitative estimate of drug-likeness (QED) is 0.331. The zero-order chi connectivity index (χ0) is 25.8. The lowest BCUT2D eigenvalue weighted by molar-refractivity contribution is 0.102. The molecule has 0 bridgehead atoms. The molecule has 5 rings (SSSR count). The zero-order valence-corrected chi connectivity index (χ0v) is 21.0. The molecule has 37 heavy (non-hydrogen) atoms. The van der Waals surface area contributed by atoms with Gasteiger partial charge in [0.2, 0.25) is 5.95 Å². The third kappa shape index (κ3) is 5.70. The Hall–Kier alpha value is -4.04. The highest BCUT2D eigenvalue weighted by molar-refractivity contribution is 6.04. The van der Waals surface area contributed by atoms with Crippen LogP contribution in [0.4, 0.5) is 21.8 Å². The summed E-state index contributed by atoms with van der Waals surface area (Å²) < 4.78 is 18.5.